The highest BCUT2D eigenvalue weighted by Gasteiger charge is 2.20. The number of halogens is 1. The van der Waals surface area contributed by atoms with Gasteiger partial charge in [0.2, 0.25) is 0 Å². The molecule has 0 radical (unpaired) electrons. The van der Waals surface area contributed by atoms with Crippen molar-refractivity contribution < 1.29 is 0 Å². The van der Waals surface area contributed by atoms with E-state index in [0.717, 1.165) is 15.7 Å². The van der Waals surface area contributed by atoms with Crippen molar-refractivity contribution in [3.05, 3.63) is 64.6 Å². The highest BCUT2D eigenvalue weighted by Crippen LogP contribution is 2.25. The van der Waals surface area contributed by atoms with Crippen molar-refractivity contribution in [1.29, 1.82) is 0 Å². The standard InChI is InChI=1S/C13H11BrN4/c14-11-6-8-12(9-7-11)18-16-13(15-17-18)10-4-2-1-3-5-10/h1-9,13,16H. The summed E-state index contributed by atoms with van der Waals surface area (Å²) in [4.78, 5) is 0. The molecule has 1 unspecified atom stereocenters. The summed E-state index contributed by atoms with van der Waals surface area (Å²) >= 11 is 3.41. The van der Waals surface area contributed by atoms with Gasteiger partial charge in [0.25, 0.3) is 0 Å². The summed E-state index contributed by atoms with van der Waals surface area (Å²) in [6.07, 6.45) is -0.116. The number of hydrogen-bond donors (Lipinski definition) is 1. The largest absolute Gasteiger partial charge is 0.181 e. The average Bonchev–Trinajstić information content (AvgIpc) is 2.90. The van der Waals surface area contributed by atoms with Gasteiger partial charge < -0.3 is 0 Å². The molecule has 90 valence electrons. The van der Waals surface area contributed by atoms with Gasteiger partial charge in [-0.25, -0.2) is 0 Å². The Balaban J connectivity index is 1.77. The third-order valence-corrected chi connectivity index (χ3v) is 3.22. The van der Waals surface area contributed by atoms with Gasteiger partial charge in [0.15, 0.2) is 6.17 Å². The molecule has 0 aromatic heterocycles. The predicted octanol–water partition coefficient (Wildman–Crippen LogP) is 3.84. The normalized spacial score (nSPS) is 18.3. The summed E-state index contributed by atoms with van der Waals surface area (Å²) in [5.74, 6) is 0. The molecule has 0 fully saturated rings. The number of benzene rings is 2. The maximum atomic E-state index is 4.21. The van der Waals surface area contributed by atoms with Crippen molar-refractivity contribution in [1.82, 2.24) is 5.43 Å². The predicted molar refractivity (Wildman–Crippen MR) is 73.8 cm³/mol. The van der Waals surface area contributed by atoms with Gasteiger partial charge in [0.05, 0.1) is 5.69 Å². The molecule has 1 heterocycles. The first-order valence-electron chi connectivity index (χ1n) is 5.60. The molecular weight excluding hydrogens is 292 g/mol. The van der Waals surface area contributed by atoms with E-state index >= 15 is 0 Å². The Morgan fingerprint density at radius 3 is 2.44 bits per heavy atom. The number of hydrazine groups is 1. The molecule has 0 spiro atoms. The van der Waals surface area contributed by atoms with Gasteiger partial charge in [-0.3, -0.25) is 0 Å². The smallest absolute Gasteiger partial charge is 0.166 e. The Bertz CT molecular complexity index is 553. The molecule has 0 bridgehead atoms. The van der Waals surface area contributed by atoms with Crippen LogP contribution in [0.4, 0.5) is 5.69 Å². The number of nitrogens with one attached hydrogen (secondary N) is 1. The van der Waals surface area contributed by atoms with E-state index in [1.165, 1.54) is 0 Å². The minimum Gasteiger partial charge on any atom is -0.181 e. The van der Waals surface area contributed by atoms with Crippen LogP contribution < -0.4 is 10.5 Å². The lowest BCUT2D eigenvalue weighted by Crippen LogP contribution is -2.30. The first-order valence-corrected chi connectivity index (χ1v) is 6.40. The zero-order chi connectivity index (χ0) is 12.4. The summed E-state index contributed by atoms with van der Waals surface area (Å²) in [7, 11) is 0. The second-order valence-corrected chi connectivity index (χ2v) is 4.85. The van der Waals surface area contributed by atoms with E-state index in [1.807, 2.05) is 54.6 Å². The SMILES string of the molecule is Brc1ccc(N2N=NC(c3ccccc3)N2)cc1. The lowest BCUT2D eigenvalue weighted by molar-refractivity contribution is 0.611. The fourth-order valence-corrected chi connectivity index (χ4v) is 2.02. The van der Waals surface area contributed by atoms with Crippen LogP contribution in [0.25, 0.3) is 0 Å². The summed E-state index contributed by atoms with van der Waals surface area (Å²) in [5, 5.41) is 10.0. The van der Waals surface area contributed by atoms with Crippen molar-refractivity contribution in [3.63, 3.8) is 0 Å². The van der Waals surface area contributed by atoms with Crippen molar-refractivity contribution in [2.75, 3.05) is 5.12 Å². The molecule has 0 saturated carbocycles. The molecule has 1 aliphatic heterocycles. The van der Waals surface area contributed by atoms with Crippen LogP contribution in [0.1, 0.15) is 11.7 Å². The van der Waals surface area contributed by atoms with Gasteiger partial charge in [0, 0.05) is 4.47 Å². The Morgan fingerprint density at radius 1 is 1.00 bits per heavy atom. The second-order valence-electron chi connectivity index (χ2n) is 3.94. The molecule has 0 amide bonds. The topological polar surface area (TPSA) is 40.0 Å². The zero-order valence-electron chi connectivity index (χ0n) is 9.49. The monoisotopic (exact) mass is 302 g/mol. The van der Waals surface area contributed by atoms with Crippen LogP contribution in [0, 0.1) is 0 Å². The van der Waals surface area contributed by atoms with Crippen LogP contribution in [0.2, 0.25) is 0 Å². The second kappa shape index (κ2) is 4.88. The quantitative estimate of drug-likeness (QED) is 0.915. The van der Waals surface area contributed by atoms with Crippen molar-refractivity contribution in [2.45, 2.75) is 6.17 Å². The molecule has 18 heavy (non-hydrogen) atoms. The van der Waals surface area contributed by atoms with Gasteiger partial charge in [0.1, 0.15) is 0 Å². The minimum absolute atomic E-state index is 0.116. The van der Waals surface area contributed by atoms with Gasteiger partial charge in [-0.15, -0.1) is 5.11 Å². The Morgan fingerprint density at radius 2 is 1.72 bits per heavy atom. The van der Waals surface area contributed by atoms with Crippen LogP contribution in [0.5, 0.6) is 0 Å². The van der Waals surface area contributed by atoms with Crippen molar-refractivity contribution >= 4 is 21.6 Å². The number of nitrogens with zero attached hydrogens (tertiary/aromatic N) is 3. The Labute approximate surface area is 113 Å². The lowest BCUT2D eigenvalue weighted by Gasteiger charge is -2.15. The molecule has 2 aromatic carbocycles. The number of hydrogen-bond acceptors (Lipinski definition) is 4. The molecular formula is C13H11BrN4. The van der Waals surface area contributed by atoms with E-state index in [4.69, 9.17) is 0 Å². The first kappa shape index (κ1) is 11.4. The van der Waals surface area contributed by atoms with E-state index in [1.54, 1.807) is 5.12 Å². The van der Waals surface area contributed by atoms with Crippen LogP contribution in [-0.2, 0) is 0 Å². The molecule has 2 aromatic rings. The number of rotatable bonds is 2. The molecule has 5 heteroatoms. The molecule has 1 N–H and O–H groups in total. The van der Waals surface area contributed by atoms with E-state index in [9.17, 15) is 0 Å². The highest BCUT2D eigenvalue weighted by atomic mass is 79.9. The van der Waals surface area contributed by atoms with E-state index in [-0.39, 0.29) is 6.17 Å². The van der Waals surface area contributed by atoms with E-state index < -0.39 is 0 Å². The van der Waals surface area contributed by atoms with Gasteiger partial charge in [-0.2, -0.15) is 10.5 Å². The van der Waals surface area contributed by atoms with Gasteiger partial charge >= 0.3 is 0 Å². The van der Waals surface area contributed by atoms with Crippen LogP contribution in [0.15, 0.2) is 69.4 Å². The van der Waals surface area contributed by atoms with Crippen molar-refractivity contribution in [3.8, 4) is 0 Å². The first-order chi connectivity index (χ1) is 8.83. The fourth-order valence-electron chi connectivity index (χ4n) is 1.76. The molecule has 0 saturated heterocycles. The minimum atomic E-state index is -0.116. The number of anilines is 1. The maximum Gasteiger partial charge on any atom is 0.166 e. The summed E-state index contributed by atoms with van der Waals surface area (Å²) in [5.41, 5.74) is 5.28. The Kier molecular flexibility index (Phi) is 3.08. The summed E-state index contributed by atoms with van der Waals surface area (Å²) in [6, 6.07) is 17.9. The summed E-state index contributed by atoms with van der Waals surface area (Å²) in [6.45, 7) is 0. The van der Waals surface area contributed by atoms with Gasteiger partial charge in [-0.05, 0) is 29.8 Å². The van der Waals surface area contributed by atoms with E-state index in [2.05, 4.69) is 31.7 Å². The Hall–Kier alpha value is -1.72. The average molecular weight is 303 g/mol. The van der Waals surface area contributed by atoms with Gasteiger partial charge in [-0.1, -0.05) is 51.5 Å². The zero-order valence-corrected chi connectivity index (χ0v) is 11.1. The van der Waals surface area contributed by atoms with Crippen LogP contribution in [0.3, 0.4) is 0 Å². The third-order valence-electron chi connectivity index (χ3n) is 2.69. The molecule has 1 atom stereocenters. The molecule has 4 nitrogen and oxygen atoms in total. The van der Waals surface area contributed by atoms with Crippen LogP contribution in [-0.4, -0.2) is 0 Å². The lowest BCUT2D eigenvalue weighted by atomic mass is 10.2. The maximum absolute atomic E-state index is 4.21. The van der Waals surface area contributed by atoms with Crippen molar-refractivity contribution in [2.24, 2.45) is 10.3 Å². The molecule has 3 rings (SSSR count). The third kappa shape index (κ3) is 2.27. The fraction of sp³-hybridized carbons (Fsp3) is 0.0769. The van der Waals surface area contributed by atoms with E-state index in [0.29, 0.717) is 0 Å². The molecule has 0 aliphatic carbocycles. The van der Waals surface area contributed by atoms with Crippen LogP contribution >= 0.6 is 15.9 Å². The highest BCUT2D eigenvalue weighted by molar-refractivity contribution is 9.10. The molecule has 1 aliphatic rings. The summed E-state index contributed by atoms with van der Waals surface area (Å²) < 4.78 is 1.04.